The Morgan fingerprint density at radius 2 is 1.66 bits per heavy atom. The largest absolute Gasteiger partial charge is 0.497 e. The maximum Gasteiger partial charge on any atom is 0.242 e. The highest BCUT2D eigenvalue weighted by Crippen LogP contribution is 2.11. The van der Waals surface area contributed by atoms with Crippen LogP contribution in [0.4, 0.5) is 0 Å². The summed E-state index contributed by atoms with van der Waals surface area (Å²) in [5.74, 6) is 1.28. The van der Waals surface area contributed by atoms with Gasteiger partial charge in [-0.05, 0) is 48.7 Å². The number of methoxy groups -OCH3 is 1. The number of ether oxygens (including phenoxy) is 1. The molecule has 2 rings (SSSR count). The molecular formula is C21H28ClIN4O2. The number of hydrogen-bond donors (Lipinski definition) is 3. The minimum absolute atomic E-state index is 0. The second-order valence-corrected chi connectivity index (χ2v) is 6.56. The fourth-order valence-electron chi connectivity index (χ4n) is 2.47. The molecule has 0 saturated heterocycles. The Kier molecular flexibility index (Phi) is 12.1. The van der Waals surface area contributed by atoms with Gasteiger partial charge >= 0.3 is 0 Å². The zero-order chi connectivity index (χ0) is 20.2. The number of carbonyl (C=O) groups excluding carboxylic acids is 1. The molecule has 0 aromatic heterocycles. The van der Waals surface area contributed by atoms with Crippen LogP contribution in [0, 0.1) is 0 Å². The third-order valence-electron chi connectivity index (χ3n) is 3.99. The predicted molar refractivity (Wildman–Crippen MR) is 129 cm³/mol. The van der Waals surface area contributed by atoms with Crippen molar-refractivity contribution >= 4 is 47.4 Å². The van der Waals surface area contributed by atoms with E-state index in [0.717, 1.165) is 29.3 Å². The van der Waals surface area contributed by atoms with Gasteiger partial charge in [-0.15, -0.1) is 24.0 Å². The highest BCUT2D eigenvalue weighted by atomic mass is 127. The minimum atomic E-state index is -0.134. The van der Waals surface area contributed by atoms with Crippen LogP contribution in [0.2, 0.25) is 5.02 Å². The van der Waals surface area contributed by atoms with Gasteiger partial charge in [-0.1, -0.05) is 35.9 Å². The van der Waals surface area contributed by atoms with Crippen molar-refractivity contribution in [3.05, 3.63) is 64.7 Å². The van der Waals surface area contributed by atoms with E-state index in [1.807, 2.05) is 55.5 Å². The zero-order valence-electron chi connectivity index (χ0n) is 16.7. The first kappa shape index (κ1) is 25.0. The van der Waals surface area contributed by atoms with E-state index < -0.39 is 0 Å². The molecule has 8 heteroatoms. The van der Waals surface area contributed by atoms with Crippen molar-refractivity contribution in [2.24, 2.45) is 4.99 Å². The zero-order valence-corrected chi connectivity index (χ0v) is 19.8. The van der Waals surface area contributed by atoms with Gasteiger partial charge in [0.2, 0.25) is 5.91 Å². The van der Waals surface area contributed by atoms with Crippen LogP contribution < -0.4 is 20.7 Å². The Hall–Kier alpha value is -2.00. The molecule has 0 aliphatic carbocycles. The van der Waals surface area contributed by atoms with E-state index in [2.05, 4.69) is 20.9 Å². The number of nitrogens with zero attached hydrogens (tertiary/aromatic N) is 1. The van der Waals surface area contributed by atoms with Crippen molar-refractivity contribution in [2.75, 3.05) is 26.7 Å². The Morgan fingerprint density at radius 3 is 2.28 bits per heavy atom. The molecule has 0 radical (unpaired) electrons. The first-order chi connectivity index (χ1) is 13.6. The average Bonchev–Trinajstić information content (AvgIpc) is 2.72. The summed E-state index contributed by atoms with van der Waals surface area (Å²) >= 11 is 5.90. The normalized spacial score (nSPS) is 10.7. The van der Waals surface area contributed by atoms with Gasteiger partial charge in [-0.2, -0.15) is 0 Å². The Bertz CT molecular complexity index is 767. The van der Waals surface area contributed by atoms with Gasteiger partial charge in [0.05, 0.1) is 7.11 Å². The molecular weight excluding hydrogens is 503 g/mol. The monoisotopic (exact) mass is 530 g/mol. The SMILES string of the molecule is CCNC(=NCC(=O)NCc1ccc(OC)cc1)NCCc1ccc(Cl)cc1.I. The van der Waals surface area contributed by atoms with Crippen molar-refractivity contribution in [1.29, 1.82) is 0 Å². The number of amides is 1. The average molecular weight is 531 g/mol. The van der Waals surface area contributed by atoms with E-state index in [1.54, 1.807) is 7.11 Å². The number of hydrogen-bond acceptors (Lipinski definition) is 3. The number of halogens is 2. The summed E-state index contributed by atoms with van der Waals surface area (Å²) in [4.78, 5) is 16.4. The molecule has 1 amide bonds. The third-order valence-corrected chi connectivity index (χ3v) is 4.25. The molecule has 6 nitrogen and oxygen atoms in total. The minimum Gasteiger partial charge on any atom is -0.497 e. The molecule has 3 N–H and O–H groups in total. The molecule has 0 bridgehead atoms. The van der Waals surface area contributed by atoms with Gasteiger partial charge in [0.1, 0.15) is 12.3 Å². The van der Waals surface area contributed by atoms with Crippen molar-refractivity contribution < 1.29 is 9.53 Å². The van der Waals surface area contributed by atoms with Crippen LogP contribution in [0.3, 0.4) is 0 Å². The van der Waals surface area contributed by atoms with Gasteiger partial charge in [-0.3, -0.25) is 4.79 Å². The molecule has 158 valence electrons. The fourth-order valence-corrected chi connectivity index (χ4v) is 2.59. The lowest BCUT2D eigenvalue weighted by Crippen LogP contribution is -2.39. The second-order valence-electron chi connectivity index (χ2n) is 6.12. The lowest BCUT2D eigenvalue weighted by Gasteiger charge is -2.11. The summed E-state index contributed by atoms with van der Waals surface area (Å²) in [7, 11) is 1.63. The van der Waals surface area contributed by atoms with Crippen LogP contribution in [0.25, 0.3) is 0 Å². The van der Waals surface area contributed by atoms with Crippen molar-refractivity contribution in [2.45, 2.75) is 19.9 Å². The molecule has 2 aromatic carbocycles. The third kappa shape index (κ3) is 9.85. The molecule has 0 spiro atoms. The second kappa shape index (κ2) is 14.1. The van der Waals surface area contributed by atoms with Crippen LogP contribution in [0.1, 0.15) is 18.1 Å². The number of guanidine groups is 1. The molecule has 0 aliphatic rings. The molecule has 0 fully saturated rings. The Labute approximate surface area is 194 Å². The smallest absolute Gasteiger partial charge is 0.242 e. The van der Waals surface area contributed by atoms with E-state index in [4.69, 9.17) is 16.3 Å². The highest BCUT2D eigenvalue weighted by molar-refractivity contribution is 14.0. The van der Waals surface area contributed by atoms with Crippen molar-refractivity contribution in [3.8, 4) is 5.75 Å². The van der Waals surface area contributed by atoms with Crippen molar-refractivity contribution in [1.82, 2.24) is 16.0 Å². The topological polar surface area (TPSA) is 74.8 Å². The lowest BCUT2D eigenvalue weighted by atomic mass is 10.1. The maximum absolute atomic E-state index is 12.1. The summed E-state index contributed by atoms with van der Waals surface area (Å²) in [6.45, 7) is 3.94. The molecule has 0 heterocycles. The standard InChI is InChI=1S/C21H27ClN4O2.HI/c1-3-23-21(24-13-12-16-4-8-18(22)9-5-16)26-15-20(27)25-14-17-6-10-19(28-2)11-7-17;/h4-11H,3,12-15H2,1-2H3,(H,25,27)(H2,23,24,26);1H. The summed E-state index contributed by atoms with van der Waals surface area (Å²) in [5.41, 5.74) is 2.19. The van der Waals surface area contributed by atoms with E-state index in [9.17, 15) is 4.79 Å². The van der Waals surface area contributed by atoms with E-state index in [1.165, 1.54) is 5.56 Å². The van der Waals surface area contributed by atoms with Gasteiger partial charge in [-0.25, -0.2) is 4.99 Å². The summed E-state index contributed by atoms with van der Waals surface area (Å²) < 4.78 is 5.12. The Balaban J connectivity index is 0.00000420. The maximum atomic E-state index is 12.1. The molecule has 29 heavy (non-hydrogen) atoms. The van der Waals surface area contributed by atoms with Crippen LogP contribution >= 0.6 is 35.6 Å². The van der Waals surface area contributed by atoms with E-state index in [0.29, 0.717) is 19.0 Å². The molecule has 0 saturated carbocycles. The number of aliphatic imine (C=N–C) groups is 1. The number of rotatable bonds is 9. The first-order valence-corrected chi connectivity index (χ1v) is 9.64. The van der Waals surface area contributed by atoms with Gasteiger partial charge < -0.3 is 20.7 Å². The van der Waals surface area contributed by atoms with Crippen LogP contribution in [-0.2, 0) is 17.8 Å². The molecule has 0 aliphatic heterocycles. The molecule has 0 unspecified atom stereocenters. The highest BCUT2D eigenvalue weighted by Gasteiger charge is 2.03. The molecule has 0 atom stereocenters. The predicted octanol–water partition coefficient (Wildman–Crippen LogP) is 3.38. The number of benzene rings is 2. The van der Waals surface area contributed by atoms with Crippen LogP contribution in [0.5, 0.6) is 5.75 Å². The number of nitrogens with one attached hydrogen (secondary N) is 3. The summed E-state index contributed by atoms with van der Waals surface area (Å²) in [6, 6.07) is 15.3. The van der Waals surface area contributed by atoms with Gasteiger partial charge in [0.25, 0.3) is 0 Å². The summed E-state index contributed by atoms with van der Waals surface area (Å²) in [6.07, 6.45) is 0.839. The Morgan fingerprint density at radius 1 is 1.00 bits per heavy atom. The quantitative estimate of drug-likeness (QED) is 0.264. The van der Waals surface area contributed by atoms with Crippen molar-refractivity contribution in [3.63, 3.8) is 0 Å². The summed E-state index contributed by atoms with van der Waals surface area (Å²) in [5, 5.41) is 9.98. The van der Waals surface area contributed by atoms with Gasteiger partial charge in [0, 0.05) is 24.7 Å². The lowest BCUT2D eigenvalue weighted by molar-refractivity contribution is -0.119. The first-order valence-electron chi connectivity index (χ1n) is 9.27. The fraction of sp³-hybridized carbons (Fsp3) is 0.333. The van der Waals surface area contributed by atoms with Crippen LogP contribution in [-0.4, -0.2) is 38.6 Å². The van der Waals surface area contributed by atoms with E-state index >= 15 is 0 Å². The van der Waals surface area contributed by atoms with Gasteiger partial charge in [0.15, 0.2) is 5.96 Å². The number of carbonyl (C=O) groups is 1. The van der Waals surface area contributed by atoms with E-state index in [-0.39, 0.29) is 36.4 Å². The van der Waals surface area contributed by atoms with Crippen LogP contribution in [0.15, 0.2) is 53.5 Å². The molecule has 2 aromatic rings.